The number of nitrogens with one attached hydrogen (secondary N) is 10. The molecule has 5 aliphatic heterocycles. The van der Waals surface area contributed by atoms with E-state index in [2.05, 4.69) is 53.2 Å². The zero-order valence-corrected chi connectivity index (χ0v) is 57.4. The number of aliphatic hydroxyl groups excluding tert-OH is 2. The molecule has 0 radical (unpaired) electrons. The van der Waals surface area contributed by atoms with Crippen LogP contribution in [0.4, 0.5) is 0 Å². The number of ether oxygens (including phenoxy) is 2. The van der Waals surface area contributed by atoms with Crippen molar-refractivity contribution in [2.45, 2.75) is 114 Å². The van der Waals surface area contributed by atoms with Crippen molar-refractivity contribution in [2.24, 2.45) is 11.8 Å². The lowest BCUT2D eigenvalue weighted by atomic mass is 9.89. The van der Waals surface area contributed by atoms with Gasteiger partial charge in [0.05, 0.1) is 23.5 Å². The molecule has 0 fully saturated rings. The van der Waals surface area contributed by atoms with E-state index in [9.17, 15) is 49.8 Å². The van der Waals surface area contributed by atoms with E-state index >= 15 is 24.0 Å². The predicted octanol–water partition coefficient (Wildman–Crippen LogP) is 6.09. The maximum atomic E-state index is 15.9. The topological polar surface area (TPSA) is 414 Å². The Hall–Kier alpha value is -10.8. The summed E-state index contributed by atoms with van der Waals surface area (Å²) in [5, 5.41) is 97.9. The van der Waals surface area contributed by atoms with Gasteiger partial charge in [-0.1, -0.05) is 112 Å². The van der Waals surface area contributed by atoms with Gasteiger partial charge in [0.2, 0.25) is 58.9 Å². The number of phenolic OH excluding ortho intramolecular Hbond substituents is 4. The molecule has 7 aromatic carbocycles. The number of fused-ring (bicyclic) bond motifs is 15. The Labute approximate surface area is 595 Å². The molecule has 7 aromatic rings. The third kappa shape index (κ3) is 17.0. The number of carbonyl (C=O) groups excluding carboxylic acids is 9. The van der Waals surface area contributed by atoms with Crippen LogP contribution in [-0.2, 0) is 49.7 Å². The molecular formula is C73H76Cl2N10O17. The zero-order valence-electron chi connectivity index (χ0n) is 55.9. The lowest BCUT2D eigenvalue weighted by Gasteiger charge is -2.31. The summed E-state index contributed by atoms with van der Waals surface area (Å²) in [7, 11) is 2.99. The summed E-state index contributed by atoms with van der Waals surface area (Å²) in [6.45, 7) is 7.20. The molecule has 5 heterocycles. The minimum absolute atomic E-state index is 0.0525. The van der Waals surface area contributed by atoms with Crippen LogP contribution in [0, 0.1) is 11.8 Å². The Balaban J connectivity index is 1.12. The van der Waals surface area contributed by atoms with Gasteiger partial charge >= 0.3 is 0 Å². The number of likely N-dealkylation sites (N-methyl/N-ethyl adjacent to an activating group) is 2. The SMILES string of the molecule is CN[C@@H](CC(C)C)C(=O)NC(=O)C[C@@H]1NC(=O)[C@H](NC(=O)[C@@H](CC(C)C)NC)[C@H](O)c2ccc(c(Cl)c2)Oc2cc3cc(c2O)Oc2ccc(cc2)[C@@H](O)[C@@H]2NC(=O)[C@H](NC(=O)[C@@H]3NC1=O)c1ccc(O)c(c1)-c1c(O)cc(O)cc1[C@@H](C(=O)NCc1ccc(-c3ccc(Cl)cc3)cc1)NC2=O. The van der Waals surface area contributed by atoms with E-state index in [4.69, 9.17) is 32.7 Å². The number of halogens is 2. The van der Waals surface area contributed by atoms with Crippen molar-refractivity contribution in [3.8, 4) is 68.2 Å². The van der Waals surface area contributed by atoms with Crippen LogP contribution in [0.2, 0.25) is 10.0 Å². The van der Waals surface area contributed by atoms with Gasteiger partial charge in [-0.25, -0.2) is 0 Å². The van der Waals surface area contributed by atoms with Crippen molar-refractivity contribution in [3.63, 3.8) is 0 Å². The van der Waals surface area contributed by atoms with Gasteiger partial charge in [0, 0.05) is 28.8 Å². The van der Waals surface area contributed by atoms with E-state index in [1.807, 2.05) is 52.0 Å². The van der Waals surface area contributed by atoms with Gasteiger partial charge in [0.25, 0.3) is 0 Å². The molecule has 534 valence electrons. The molecule has 0 aliphatic carbocycles. The third-order valence-corrected chi connectivity index (χ3v) is 18.0. The number of imide groups is 1. The lowest BCUT2D eigenvalue weighted by Crippen LogP contribution is -2.59. The molecule has 102 heavy (non-hydrogen) atoms. The molecule has 10 atom stereocenters. The molecule has 0 aromatic heterocycles. The largest absolute Gasteiger partial charge is 0.508 e. The highest BCUT2D eigenvalue weighted by Gasteiger charge is 2.42. The molecule has 0 unspecified atom stereocenters. The summed E-state index contributed by atoms with van der Waals surface area (Å²) in [6, 6.07) is 16.3. The van der Waals surface area contributed by atoms with E-state index < -0.39 is 155 Å². The smallest absolute Gasteiger partial charge is 0.248 e. The molecule has 9 amide bonds. The van der Waals surface area contributed by atoms with Gasteiger partial charge < -0.3 is 88.0 Å². The summed E-state index contributed by atoms with van der Waals surface area (Å²) in [4.78, 5) is 134. The fraction of sp³-hybridized carbons (Fsp3) is 0.301. The Morgan fingerprint density at radius 3 is 1.77 bits per heavy atom. The van der Waals surface area contributed by atoms with Crippen molar-refractivity contribution in [1.29, 1.82) is 0 Å². The average molecular weight is 1440 g/mol. The van der Waals surface area contributed by atoms with Crippen molar-refractivity contribution in [3.05, 3.63) is 177 Å². The van der Waals surface area contributed by atoms with Gasteiger partial charge in [-0.2, -0.15) is 0 Å². The minimum atomic E-state index is -2.20. The molecule has 27 nitrogen and oxygen atoms in total. The number of rotatable bonds is 15. The molecule has 29 heteroatoms. The van der Waals surface area contributed by atoms with Gasteiger partial charge in [0.1, 0.15) is 77.2 Å². The number of hydrogen-bond acceptors (Lipinski definition) is 19. The molecule has 5 aliphatic rings. The number of hydrogen-bond donors (Lipinski definition) is 16. The second-order valence-electron chi connectivity index (χ2n) is 25.8. The number of benzene rings is 7. The van der Waals surface area contributed by atoms with E-state index in [0.717, 1.165) is 47.5 Å². The maximum absolute atomic E-state index is 15.9. The van der Waals surface area contributed by atoms with E-state index in [1.165, 1.54) is 62.6 Å². The first-order valence-corrected chi connectivity index (χ1v) is 33.3. The fourth-order valence-electron chi connectivity index (χ4n) is 12.1. The maximum Gasteiger partial charge on any atom is 0.248 e. The second kappa shape index (κ2) is 31.8. The molecule has 12 rings (SSSR count). The zero-order chi connectivity index (χ0) is 73.5. The van der Waals surface area contributed by atoms with Crippen molar-refractivity contribution in [1.82, 2.24) is 53.2 Å². The summed E-state index contributed by atoms with van der Waals surface area (Å²) < 4.78 is 12.5. The van der Waals surface area contributed by atoms with Gasteiger partial charge in [-0.3, -0.25) is 48.5 Å². The van der Waals surface area contributed by atoms with Crippen molar-refractivity contribution in [2.75, 3.05) is 14.1 Å². The number of aliphatic hydroxyl groups is 2. The lowest BCUT2D eigenvalue weighted by molar-refractivity contribution is -0.138. The molecular weight excluding hydrogens is 1360 g/mol. The molecule has 0 saturated carbocycles. The highest BCUT2D eigenvalue weighted by atomic mass is 35.5. The van der Waals surface area contributed by atoms with E-state index in [1.54, 1.807) is 24.3 Å². The van der Waals surface area contributed by atoms with Crippen LogP contribution in [0.1, 0.15) is 111 Å². The van der Waals surface area contributed by atoms with Crippen molar-refractivity contribution >= 4 is 76.4 Å². The summed E-state index contributed by atoms with van der Waals surface area (Å²) >= 11 is 13.0. The van der Waals surface area contributed by atoms with Crippen LogP contribution in [0.15, 0.2) is 133 Å². The highest BCUT2D eigenvalue weighted by molar-refractivity contribution is 6.32. The van der Waals surface area contributed by atoms with Crippen LogP contribution >= 0.6 is 23.2 Å². The van der Waals surface area contributed by atoms with Crippen LogP contribution in [0.5, 0.6) is 46.0 Å². The van der Waals surface area contributed by atoms with Gasteiger partial charge in [0.15, 0.2) is 11.5 Å². The quantitative estimate of drug-likeness (QED) is 0.0552. The van der Waals surface area contributed by atoms with E-state index in [0.29, 0.717) is 10.6 Å². The van der Waals surface area contributed by atoms with Crippen LogP contribution in [-0.4, -0.2) is 128 Å². The Morgan fingerprint density at radius 2 is 1.14 bits per heavy atom. The first-order chi connectivity index (χ1) is 48.6. The van der Waals surface area contributed by atoms with Gasteiger partial charge in [-0.05, 0) is 150 Å². The normalized spacial score (nSPS) is 20.4. The fourth-order valence-corrected chi connectivity index (χ4v) is 12.5. The van der Waals surface area contributed by atoms with Crippen molar-refractivity contribution < 1.29 is 83.3 Å². The van der Waals surface area contributed by atoms with Crippen LogP contribution in [0.25, 0.3) is 22.3 Å². The van der Waals surface area contributed by atoms with Crippen LogP contribution < -0.4 is 62.6 Å². The molecule has 16 N–H and O–H groups in total. The first-order valence-electron chi connectivity index (χ1n) is 32.6. The minimum Gasteiger partial charge on any atom is -0.508 e. The number of carbonyl (C=O) groups is 9. The monoisotopic (exact) mass is 1430 g/mol. The predicted molar refractivity (Wildman–Crippen MR) is 372 cm³/mol. The standard InChI is InChI=1S/C73H76Cl2N10O17/c1-33(2)23-48(76-5)66(93)80-56(89)31-50-68(95)81-59-41-27-54(65(92)55(28-41)102-53-22-16-40(26-47(53)75)64(91)62(72(99)79-50)84-67(94)49(77-6)24-34(3)4)101-44-19-13-38(14-20-44)63(90)61-73(100)83-60(69(96)78-32-35-7-9-36(10-8-35)37-11-17-42(74)18-12-37)46-29-43(86)30-52(88)57(46)45-25-39(15-21-51(45)87)58(70(97)85-61)82-71(59)98/h7-22,25-30,33-34,48-50,58-64,76-77,86-88,90-92H,23-24,31-32H2,1-6H3,(H,78,96)(H,79,99)(H,81,95)(H,82,98)(H,83,100)(H,84,94)(H,85,97)(H,80,89,93)/t48-,49+,50-,58+,59+,60-,61-,62+,63+,64+/m0/s1. The van der Waals surface area contributed by atoms with E-state index in [-0.39, 0.29) is 86.7 Å². The number of phenols is 4. The molecule has 0 spiro atoms. The summed E-state index contributed by atoms with van der Waals surface area (Å²) in [6.07, 6.45) is -4.61. The molecule has 0 saturated heterocycles. The number of aromatic hydroxyl groups is 4. The molecule has 11 bridgehead atoms. The average Bonchev–Trinajstić information content (AvgIpc) is 0.768. The number of amides is 9. The second-order valence-corrected chi connectivity index (χ2v) is 26.6. The summed E-state index contributed by atoms with van der Waals surface area (Å²) in [5.74, 6) is -14.4. The Kier molecular flexibility index (Phi) is 23.0. The Bertz CT molecular complexity index is 4390. The van der Waals surface area contributed by atoms with Gasteiger partial charge in [-0.15, -0.1) is 0 Å². The third-order valence-electron chi connectivity index (χ3n) is 17.5. The highest BCUT2D eigenvalue weighted by Crippen LogP contribution is 2.47. The Morgan fingerprint density at radius 1 is 0.549 bits per heavy atom. The van der Waals surface area contributed by atoms with Crippen LogP contribution in [0.3, 0.4) is 0 Å². The summed E-state index contributed by atoms with van der Waals surface area (Å²) in [5.41, 5.74) is 0.477. The first kappa shape index (κ1) is 73.9.